The summed E-state index contributed by atoms with van der Waals surface area (Å²) in [5, 5.41) is 16.1. The quantitative estimate of drug-likeness (QED) is 0.477. The maximum atomic E-state index is 12.9. The lowest BCUT2D eigenvalue weighted by Crippen LogP contribution is -2.47. The van der Waals surface area contributed by atoms with Gasteiger partial charge in [0.15, 0.2) is 5.82 Å². The Morgan fingerprint density at radius 1 is 1.06 bits per heavy atom. The summed E-state index contributed by atoms with van der Waals surface area (Å²) >= 11 is 0. The van der Waals surface area contributed by atoms with Crippen molar-refractivity contribution in [2.24, 2.45) is 0 Å². The van der Waals surface area contributed by atoms with Crippen LogP contribution in [0.4, 0.5) is 17.2 Å². The summed E-state index contributed by atoms with van der Waals surface area (Å²) in [5.74, 6) is 0.238. The summed E-state index contributed by atoms with van der Waals surface area (Å²) in [6.45, 7) is 5.00. The molecule has 0 spiro atoms. The molecule has 2 aromatic heterocycles. The van der Waals surface area contributed by atoms with Crippen LogP contribution in [0.15, 0.2) is 65.7 Å². The van der Waals surface area contributed by atoms with Crippen LogP contribution in [-0.4, -0.2) is 51.3 Å². The Hall–Kier alpha value is -4.65. The third kappa shape index (κ3) is 4.44. The molecular formula is C25H24N8O2. The predicted molar refractivity (Wildman–Crippen MR) is 133 cm³/mol. The highest BCUT2D eigenvalue weighted by Gasteiger charge is 2.23. The maximum absolute atomic E-state index is 12.9. The molecule has 0 atom stereocenters. The average molecular weight is 469 g/mol. The van der Waals surface area contributed by atoms with E-state index < -0.39 is 5.69 Å². The topological polar surface area (TPSA) is 112 Å². The SMILES string of the molecule is Cc1ccccc1N1CCN(c2nccn3c(=O)n(CC(=O)Nc4ccc(C#N)cc4)nc23)CC1. The molecule has 176 valence electrons. The molecule has 10 nitrogen and oxygen atoms in total. The molecule has 0 bridgehead atoms. The molecule has 35 heavy (non-hydrogen) atoms. The number of nitrogens with zero attached hydrogens (tertiary/aromatic N) is 7. The largest absolute Gasteiger partial charge is 0.368 e. The summed E-state index contributed by atoms with van der Waals surface area (Å²) in [5.41, 5.74) is 3.53. The number of carbonyl (C=O) groups excluding carboxylic acids is 1. The first-order valence-electron chi connectivity index (χ1n) is 11.3. The zero-order valence-electron chi connectivity index (χ0n) is 19.3. The molecule has 1 saturated heterocycles. The van der Waals surface area contributed by atoms with Crippen LogP contribution in [-0.2, 0) is 11.3 Å². The average Bonchev–Trinajstić information content (AvgIpc) is 3.20. The predicted octanol–water partition coefficient (Wildman–Crippen LogP) is 2.04. The first kappa shape index (κ1) is 22.2. The molecule has 5 rings (SSSR count). The molecule has 1 amide bonds. The van der Waals surface area contributed by atoms with E-state index in [1.807, 2.05) is 18.2 Å². The smallest absolute Gasteiger partial charge is 0.350 e. The number of anilines is 3. The lowest BCUT2D eigenvalue weighted by molar-refractivity contribution is -0.117. The van der Waals surface area contributed by atoms with Crippen molar-refractivity contribution in [1.82, 2.24) is 19.2 Å². The molecule has 0 saturated carbocycles. The van der Waals surface area contributed by atoms with Crippen LogP contribution in [0.5, 0.6) is 0 Å². The van der Waals surface area contributed by atoms with Crippen molar-refractivity contribution in [3.05, 3.63) is 82.5 Å². The molecule has 1 aliphatic heterocycles. The van der Waals surface area contributed by atoms with Crippen molar-refractivity contribution < 1.29 is 4.79 Å². The Morgan fingerprint density at radius 3 is 2.49 bits per heavy atom. The van der Waals surface area contributed by atoms with Crippen LogP contribution in [0.3, 0.4) is 0 Å². The number of fused-ring (bicyclic) bond motifs is 1. The second-order valence-corrected chi connectivity index (χ2v) is 8.38. The fourth-order valence-corrected chi connectivity index (χ4v) is 4.30. The number of aryl methyl sites for hydroxylation is 1. The van der Waals surface area contributed by atoms with Gasteiger partial charge in [0, 0.05) is 49.9 Å². The molecular weight excluding hydrogens is 444 g/mol. The zero-order valence-corrected chi connectivity index (χ0v) is 19.3. The molecule has 0 aliphatic carbocycles. The maximum Gasteiger partial charge on any atom is 0.350 e. The van der Waals surface area contributed by atoms with Gasteiger partial charge in [-0.05, 0) is 42.8 Å². The number of hydrogen-bond donors (Lipinski definition) is 1. The molecule has 10 heteroatoms. The second-order valence-electron chi connectivity index (χ2n) is 8.38. The molecule has 1 aliphatic rings. The fraction of sp³-hybridized carbons (Fsp3) is 0.240. The van der Waals surface area contributed by atoms with Crippen molar-refractivity contribution in [1.29, 1.82) is 5.26 Å². The molecule has 1 fully saturated rings. The van der Waals surface area contributed by atoms with Gasteiger partial charge in [-0.3, -0.25) is 4.79 Å². The van der Waals surface area contributed by atoms with Gasteiger partial charge in [-0.2, -0.15) is 5.26 Å². The standard InChI is InChI=1S/C25H24N8O2/c1-18-4-2-3-5-21(18)30-12-14-31(15-13-30)23-24-29-33(25(35)32(24)11-10-27-23)17-22(34)28-20-8-6-19(16-26)7-9-20/h2-11H,12-15,17H2,1H3,(H,28,34). The van der Waals surface area contributed by atoms with Crippen LogP contribution < -0.4 is 20.8 Å². The highest BCUT2D eigenvalue weighted by Crippen LogP contribution is 2.23. The van der Waals surface area contributed by atoms with E-state index in [-0.39, 0.29) is 12.5 Å². The first-order chi connectivity index (χ1) is 17.0. The fourth-order valence-electron chi connectivity index (χ4n) is 4.30. The van der Waals surface area contributed by atoms with E-state index in [0.29, 0.717) is 22.7 Å². The Kier molecular flexibility index (Phi) is 5.89. The van der Waals surface area contributed by atoms with E-state index >= 15 is 0 Å². The lowest BCUT2D eigenvalue weighted by Gasteiger charge is -2.37. The number of amides is 1. The monoisotopic (exact) mass is 468 g/mol. The van der Waals surface area contributed by atoms with Crippen molar-refractivity contribution in [2.45, 2.75) is 13.5 Å². The number of piperazine rings is 1. The van der Waals surface area contributed by atoms with Crippen LogP contribution >= 0.6 is 0 Å². The number of para-hydroxylation sites is 1. The van der Waals surface area contributed by atoms with Crippen LogP contribution in [0.2, 0.25) is 0 Å². The Labute approximate surface area is 201 Å². The van der Waals surface area contributed by atoms with E-state index in [2.05, 4.69) is 44.3 Å². The molecule has 3 heterocycles. The summed E-state index contributed by atoms with van der Waals surface area (Å²) in [4.78, 5) is 34.4. The second kappa shape index (κ2) is 9.30. The lowest BCUT2D eigenvalue weighted by atomic mass is 10.1. The third-order valence-corrected chi connectivity index (χ3v) is 6.11. The number of carbonyl (C=O) groups is 1. The van der Waals surface area contributed by atoms with Gasteiger partial charge in [0.25, 0.3) is 0 Å². The third-order valence-electron chi connectivity index (χ3n) is 6.11. The van der Waals surface area contributed by atoms with Gasteiger partial charge in [0.2, 0.25) is 11.6 Å². The van der Waals surface area contributed by atoms with Crippen molar-refractivity contribution in [3.63, 3.8) is 0 Å². The Bertz CT molecular complexity index is 1470. The van der Waals surface area contributed by atoms with Crippen LogP contribution in [0.25, 0.3) is 5.65 Å². The summed E-state index contributed by atoms with van der Waals surface area (Å²) < 4.78 is 2.56. The molecule has 1 N–H and O–H groups in total. The van der Waals surface area contributed by atoms with Gasteiger partial charge < -0.3 is 15.1 Å². The van der Waals surface area contributed by atoms with Gasteiger partial charge >= 0.3 is 5.69 Å². The van der Waals surface area contributed by atoms with E-state index in [0.717, 1.165) is 30.9 Å². The number of aromatic nitrogens is 4. The van der Waals surface area contributed by atoms with Crippen LogP contribution in [0.1, 0.15) is 11.1 Å². The number of nitrogens with one attached hydrogen (secondary N) is 1. The van der Waals surface area contributed by atoms with Crippen molar-refractivity contribution >= 4 is 28.7 Å². The minimum absolute atomic E-state index is 0.235. The van der Waals surface area contributed by atoms with Gasteiger partial charge in [-0.15, -0.1) is 5.10 Å². The number of hydrogen-bond acceptors (Lipinski definition) is 7. The zero-order chi connectivity index (χ0) is 24.4. The molecule has 4 aromatic rings. The summed E-state index contributed by atoms with van der Waals surface area (Å²) in [7, 11) is 0. The Morgan fingerprint density at radius 2 is 1.77 bits per heavy atom. The molecule has 2 aromatic carbocycles. The summed E-state index contributed by atoms with van der Waals surface area (Å²) in [6, 6.07) is 16.9. The summed E-state index contributed by atoms with van der Waals surface area (Å²) in [6.07, 6.45) is 3.15. The van der Waals surface area contributed by atoms with Gasteiger partial charge in [-0.1, -0.05) is 18.2 Å². The van der Waals surface area contributed by atoms with E-state index in [1.165, 1.54) is 15.7 Å². The normalized spacial score (nSPS) is 13.6. The number of nitriles is 1. The van der Waals surface area contributed by atoms with E-state index in [4.69, 9.17) is 5.26 Å². The molecule has 0 radical (unpaired) electrons. The van der Waals surface area contributed by atoms with Crippen LogP contribution in [0, 0.1) is 18.3 Å². The number of rotatable bonds is 5. The van der Waals surface area contributed by atoms with Gasteiger partial charge in [-0.25, -0.2) is 18.9 Å². The van der Waals surface area contributed by atoms with E-state index in [9.17, 15) is 9.59 Å². The first-order valence-corrected chi connectivity index (χ1v) is 11.3. The Balaban J connectivity index is 1.32. The highest BCUT2D eigenvalue weighted by molar-refractivity contribution is 5.90. The molecule has 0 unspecified atom stereocenters. The minimum atomic E-state index is -0.405. The van der Waals surface area contributed by atoms with Gasteiger partial charge in [0.05, 0.1) is 11.6 Å². The minimum Gasteiger partial charge on any atom is -0.368 e. The van der Waals surface area contributed by atoms with Crippen molar-refractivity contribution in [3.8, 4) is 6.07 Å². The van der Waals surface area contributed by atoms with E-state index in [1.54, 1.807) is 36.7 Å². The number of benzene rings is 2. The van der Waals surface area contributed by atoms with Crippen molar-refractivity contribution in [2.75, 3.05) is 41.3 Å². The highest BCUT2D eigenvalue weighted by atomic mass is 16.2. The van der Waals surface area contributed by atoms with Gasteiger partial charge in [0.1, 0.15) is 6.54 Å².